The summed E-state index contributed by atoms with van der Waals surface area (Å²) in [4.78, 5) is 10.7. The van der Waals surface area contributed by atoms with Gasteiger partial charge in [-0.05, 0) is 38.0 Å². The second kappa shape index (κ2) is 6.25. The van der Waals surface area contributed by atoms with E-state index in [1.165, 1.54) is 0 Å². The van der Waals surface area contributed by atoms with Crippen LogP contribution in [0.1, 0.15) is 18.2 Å². The Kier molecular flexibility index (Phi) is 4.42. The smallest absolute Gasteiger partial charge is 0.333 e. The molecule has 112 valence electrons. The number of aromatic hydroxyl groups is 1. The van der Waals surface area contributed by atoms with E-state index >= 15 is 0 Å². The van der Waals surface area contributed by atoms with Crippen LogP contribution >= 0.6 is 0 Å². The molecular weight excluding hydrogens is 272 g/mol. The van der Waals surface area contributed by atoms with Crippen molar-refractivity contribution < 1.29 is 10.0 Å². The van der Waals surface area contributed by atoms with Crippen molar-refractivity contribution in [1.29, 1.82) is 0 Å². The SMILES string of the molecule is CCn1nc(C)c([N+](=O)[O-])c1NCCc1ccc(O)cc1. The molecule has 0 atom stereocenters. The lowest BCUT2D eigenvalue weighted by Crippen LogP contribution is -2.11. The fourth-order valence-electron chi connectivity index (χ4n) is 2.18. The quantitative estimate of drug-likeness (QED) is 0.629. The van der Waals surface area contributed by atoms with E-state index in [1.54, 1.807) is 23.7 Å². The molecule has 0 saturated carbocycles. The molecule has 0 aliphatic carbocycles. The van der Waals surface area contributed by atoms with Crippen LogP contribution in [-0.4, -0.2) is 26.4 Å². The van der Waals surface area contributed by atoms with Gasteiger partial charge >= 0.3 is 5.69 Å². The number of rotatable bonds is 6. The molecule has 0 fully saturated rings. The summed E-state index contributed by atoms with van der Waals surface area (Å²) in [7, 11) is 0. The second-order valence-electron chi connectivity index (χ2n) is 4.70. The van der Waals surface area contributed by atoms with Gasteiger partial charge in [0.1, 0.15) is 11.4 Å². The summed E-state index contributed by atoms with van der Waals surface area (Å²) in [6, 6.07) is 6.90. The number of aromatic nitrogens is 2. The summed E-state index contributed by atoms with van der Waals surface area (Å²) < 4.78 is 1.60. The monoisotopic (exact) mass is 290 g/mol. The van der Waals surface area contributed by atoms with Crippen LogP contribution in [0.3, 0.4) is 0 Å². The Morgan fingerprint density at radius 3 is 2.62 bits per heavy atom. The van der Waals surface area contributed by atoms with E-state index in [2.05, 4.69) is 10.4 Å². The third kappa shape index (κ3) is 3.31. The van der Waals surface area contributed by atoms with Gasteiger partial charge in [0.05, 0.1) is 4.92 Å². The van der Waals surface area contributed by atoms with Crippen LogP contribution in [0.5, 0.6) is 5.75 Å². The first-order valence-corrected chi connectivity index (χ1v) is 6.76. The number of nitrogens with one attached hydrogen (secondary N) is 1. The van der Waals surface area contributed by atoms with Crippen LogP contribution in [0.2, 0.25) is 0 Å². The molecule has 2 aromatic rings. The van der Waals surface area contributed by atoms with E-state index in [4.69, 9.17) is 0 Å². The van der Waals surface area contributed by atoms with E-state index in [1.807, 2.05) is 19.1 Å². The molecule has 1 aromatic heterocycles. The first-order valence-electron chi connectivity index (χ1n) is 6.76. The number of aryl methyl sites for hydroxylation is 2. The highest BCUT2D eigenvalue weighted by molar-refractivity contribution is 5.59. The average Bonchev–Trinajstić information content (AvgIpc) is 2.77. The Morgan fingerprint density at radius 2 is 2.05 bits per heavy atom. The summed E-state index contributed by atoms with van der Waals surface area (Å²) in [5.41, 5.74) is 1.48. The lowest BCUT2D eigenvalue weighted by molar-refractivity contribution is -0.384. The van der Waals surface area contributed by atoms with Gasteiger partial charge in [-0.3, -0.25) is 10.1 Å². The zero-order valence-electron chi connectivity index (χ0n) is 12.0. The van der Waals surface area contributed by atoms with Gasteiger partial charge in [0.15, 0.2) is 0 Å². The molecule has 1 heterocycles. The predicted octanol–water partition coefficient (Wildman–Crippen LogP) is 2.48. The average molecular weight is 290 g/mol. The molecule has 21 heavy (non-hydrogen) atoms. The van der Waals surface area contributed by atoms with Crippen LogP contribution in [0.25, 0.3) is 0 Å². The summed E-state index contributed by atoms with van der Waals surface area (Å²) in [6.45, 7) is 4.64. The summed E-state index contributed by atoms with van der Waals surface area (Å²) in [5, 5.41) is 27.6. The molecule has 0 saturated heterocycles. The maximum absolute atomic E-state index is 11.1. The highest BCUT2D eigenvalue weighted by Crippen LogP contribution is 2.28. The van der Waals surface area contributed by atoms with E-state index < -0.39 is 4.92 Å². The van der Waals surface area contributed by atoms with Gasteiger partial charge in [0.25, 0.3) is 0 Å². The van der Waals surface area contributed by atoms with Gasteiger partial charge in [0.2, 0.25) is 5.82 Å². The van der Waals surface area contributed by atoms with Crippen molar-refractivity contribution >= 4 is 11.5 Å². The van der Waals surface area contributed by atoms with E-state index in [-0.39, 0.29) is 11.4 Å². The number of hydrogen-bond acceptors (Lipinski definition) is 5. The number of hydrogen-bond donors (Lipinski definition) is 2. The summed E-state index contributed by atoms with van der Waals surface area (Å²) in [5.74, 6) is 0.667. The van der Waals surface area contributed by atoms with Crippen molar-refractivity contribution in [3.05, 3.63) is 45.6 Å². The Balaban J connectivity index is 2.09. The zero-order valence-corrected chi connectivity index (χ0v) is 12.0. The largest absolute Gasteiger partial charge is 0.508 e. The molecule has 0 aliphatic rings. The topological polar surface area (TPSA) is 93.2 Å². The van der Waals surface area contributed by atoms with Crippen molar-refractivity contribution in [3.63, 3.8) is 0 Å². The molecule has 7 heteroatoms. The number of benzene rings is 1. The number of anilines is 1. The second-order valence-corrected chi connectivity index (χ2v) is 4.70. The van der Waals surface area contributed by atoms with Crippen molar-refractivity contribution in [3.8, 4) is 5.75 Å². The molecule has 7 nitrogen and oxygen atoms in total. The van der Waals surface area contributed by atoms with Crippen molar-refractivity contribution in [2.45, 2.75) is 26.8 Å². The molecule has 2 N–H and O–H groups in total. The minimum absolute atomic E-state index is 0.0301. The third-order valence-corrected chi connectivity index (χ3v) is 3.22. The lowest BCUT2D eigenvalue weighted by Gasteiger charge is -2.07. The zero-order chi connectivity index (χ0) is 15.4. The number of nitrogens with zero attached hydrogens (tertiary/aromatic N) is 3. The fourth-order valence-corrected chi connectivity index (χ4v) is 2.18. The highest BCUT2D eigenvalue weighted by atomic mass is 16.6. The molecule has 0 spiro atoms. The Hall–Kier alpha value is -2.57. The minimum atomic E-state index is -0.405. The van der Waals surface area contributed by atoms with Crippen LogP contribution < -0.4 is 5.32 Å². The van der Waals surface area contributed by atoms with Gasteiger partial charge < -0.3 is 10.4 Å². The fraction of sp³-hybridized carbons (Fsp3) is 0.357. The van der Waals surface area contributed by atoms with Crippen LogP contribution in [0, 0.1) is 17.0 Å². The highest BCUT2D eigenvalue weighted by Gasteiger charge is 2.24. The van der Waals surface area contributed by atoms with Gasteiger partial charge in [-0.2, -0.15) is 5.10 Å². The Morgan fingerprint density at radius 1 is 1.38 bits per heavy atom. The normalized spacial score (nSPS) is 10.6. The van der Waals surface area contributed by atoms with Crippen molar-refractivity contribution in [1.82, 2.24) is 9.78 Å². The first-order chi connectivity index (χ1) is 10.0. The van der Waals surface area contributed by atoms with Gasteiger partial charge in [0, 0.05) is 13.1 Å². The lowest BCUT2D eigenvalue weighted by atomic mass is 10.1. The van der Waals surface area contributed by atoms with Crippen LogP contribution in [0.15, 0.2) is 24.3 Å². The number of nitro groups is 1. The third-order valence-electron chi connectivity index (χ3n) is 3.22. The molecule has 0 unspecified atom stereocenters. The molecule has 0 aliphatic heterocycles. The van der Waals surface area contributed by atoms with E-state index in [0.717, 1.165) is 5.56 Å². The van der Waals surface area contributed by atoms with Gasteiger partial charge in [-0.1, -0.05) is 12.1 Å². The van der Waals surface area contributed by atoms with E-state index in [9.17, 15) is 15.2 Å². The summed E-state index contributed by atoms with van der Waals surface area (Å²) in [6.07, 6.45) is 0.700. The Labute approximate surface area is 122 Å². The number of phenolic OH excluding ortho intramolecular Hbond substituents is 1. The number of phenols is 1. The van der Waals surface area contributed by atoms with Crippen LogP contribution in [-0.2, 0) is 13.0 Å². The molecule has 1 aromatic carbocycles. The molecular formula is C14H18N4O3. The van der Waals surface area contributed by atoms with Crippen molar-refractivity contribution in [2.24, 2.45) is 0 Å². The van der Waals surface area contributed by atoms with Crippen LogP contribution in [0.4, 0.5) is 11.5 Å². The summed E-state index contributed by atoms with van der Waals surface area (Å²) >= 11 is 0. The standard InChI is InChI=1S/C14H18N4O3/c1-3-17-14(13(18(20)21)10(2)16-17)15-9-8-11-4-6-12(19)7-5-11/h4-7,15,19H,3,8-9H2,1-2H3. The maximum Gasteiger partial charge on any atom is 0.333 e. The van der Waals surface area contributed by atoms with Gasteiger partial charge in [-0.25, -0.2) is 4.68 Å². The van der Waals surface area contributed by atoms with Gasteiger partial charge in [-0.15, -0.1) is 0 Å². The van der Waals surface area contributed by atoms with E-state index in [0.29, 0.717) is 31.0 Å². The Bertz CT molecular complexity index is 634. The molecule has 2 rings (SSSR count). The maximum atomic E-state index is 11.1. The first kappa shape index (κ1) is 14.8. The molecule has 0 amide bonds. The minimum Gasteiger partial charge on any atom is -0.508 e. The predicted molar refractivity (Wildman–Crippen MR) is 79.6 cm³/mol. The molecule has 0 bridgehead atoms. The molecule has 0 radical (unpaired) electrons. The van der Waals surface area contributed by atoms with Crippen molar-refractivity contribution in [2.75, 3.05) is 11.9 Å².